The van der Waals surface area contributed by atoms with E-state index in [0.29, 0.717) is 30.1 Å². The highest BCUT2D eigenvalue weighted by Gasteiger charge is 2.37. The summed E-state index contributed by atoms with van der Waals surface area (Å²) in [6.45, 7) is 7.00. The molecule has 2 aromatic rings. The predicted octanol–water partition coefficient (Wildman–Crippen LogP) is 5.62. The van der Waals surface area contributed by atoms with Crippen LogP contribution in [0, 0.1) is 11.3 Å². The number of ether oxygens (including phenoxy) is 2. The number of aliphatic hydroxyl groups is 1. The minimum absolute atomic E-state index is 0.127. The minimum atomic E-state index is -1.42. The third-order valence-electron chi connectivity index (χ3n) is 7.00. The maximum atomic E-state index is 13.1. The van der Waals surface area contributed by atoms with E-state index in [9.17, 15) is 19.5 Å². The summed E-state index contributed by atoms with van der Waals surface area (Å²) in [5.41, 5.74) is 1.37. The van der Waals surface area contributed by atoms with Gasteiger partial charge < -0.3 is 14.6 Å². The van der Waals surface area contributed by atoms with Crippen molar-refractivity contribution in [2.75, 3.05) is 26.4 Å². The third kappa shape index (κ3) is 7.46. The first-order valence-electron chi connectivity index (χ1n) is 13.1. The van der Waals surface area contributed by atoms with Gasteiger partial charge in [0.2, 0.25) is 0 Å². The van der Waals surface area contributed by atoms with Gasteiger partial charge in [-0.1, -0.05) is 49.4 Å². The summed E-state index contributed by atoms with van der Waals surface area (Å²) in [5, 5.41) is 9.22. The maximum absolute atomic E-state index is 13.1. The first-order chi connectivity index (χ1) is 17.8. The Morgan fingerprint density at radius 1 is 0.973 bits per heavy atom. The molecule has 6 heteroatoms. The van der Waals surface area contributed by atoms with Gasteiger partial charge in [0.05, 0.1) is 13.2 Å². The lowest BCUT2D eigenvalue weighted by Gasteiger charge is -2.24. The number of ketones is 3. The van der Waals surface area contributed by atoms with E-state index in [1.807, 2.05) is 43.3 Å². The van der Waals surface area contributed by atoms with Gasteiger partial charge in [-0.05, 0) is 67.9 Å². The van der Waals surface area contributed by atoms with E-state index < -0.39 is 5.41 Å². The molecule has 198 valence electrons. The van der Waals surface area contributed by atoms with Crippen LogP contribution in [0.15, 0.2) is 60.2 Å². The monoisotopic (exact) mass is 506 g/mol. The van der Waals surface area contributed by atoms with E-state index in [2.05, 4.69) is 0 Å². The molecular formula is C31H38O6. The molecule has 1 aliphatic heterocycles. The average Bonchev–Trinajstić information content (AvgIpc) is 2.92. The molecule has 0 aromatic heterocycles. The second-order valence-corrected chi connectivity index (χ2v) is 9.90. The highest BCUT2D eigenvalue weighted by Crippen LogP contribution is 2.29. The Labute approximate surface area is 219 Å². The molecule has 0 aliphatic carbocycles. The molecule has 0 radical (unpaired) electrons. The molecule has 1 heterocycles. The molecule has 1 saturated heterocycles. The van der Waals surface area contributed by atoms with Crippen molar-refractivity contribution in [1.82, 2.24) is 0 Å². The third-order valence-corrected chi connectivity index (χ3v) is 7.00. The number of carbonyl (C=O) groups is 3. The summed E-state index contributed by atoms with van der Waals surface area (Å²) in [5.74, 6) is 0.508. The molecule has 3 rings (SSSR count). The number of allylic oxidation sites excluding steroid dienone is 2. The van der Waals surface area contributed by atoms with Crippen LogP contribution in [0.1, 0.15) is 63.2 Å². The van der Waals surface area contributed by atoms with Crippen LogP contribution in [0.4, 0.5) is 0 Å². The largest absolute Gasteiger partial charge is 0.493 e. The smallest absolute Gasteiger partial charge is 0.188 e. The number of aliphatic hydroxyl groups excluding tert-OH is 1. The van der Waals surface area contributed by atoms with E-state index in [-0.39, 0.29) is 36.8 Å². The molecule has 0 unspecified atom stereocenters. The lowest BCUT2D eigenvalue weighted by atomic mass is 9.76. The first-order valence-corrected chi connectivity index (χ1v) is 13.1. The first kappa shape index (κ1) is 28.5. The van der Waals surface area contributed by atoms with Crippen molar-refractivity contribution < 1.29 is 29.0 Å². The van der Waals surface area contributed by atoms with Gasteiger partial charge in [-0.15, -0.1) is 0 Å². The Hall–Kier alpha value is -3.09. The van der Waals surface area contributed by atoms with Gasteiger partial charge in [0.25, 0.3) is 0 Å². The van der Waals surface area contributed by atoms with Crippen LogP contribution in [-0.2, 0) is 14.3 Å². The molecule has 1 N–H and O–H groups in total. The van der Waals surface area contributed by atoms with E-state index in [1.165, 1.54) is 6.08 Å². The number of carbonyl (C=O) groups excluding carboxylic acids is 3. The zero-order chi connectivity index (χ0) is 26.8. The molecule has 6 nitrogen and oxygen atoms in total. The van der Waals surface area contributed by atoms with Gasteiger partial charge in [0.1, 0.15) is 16.9 Å². The average molecular weight is 507 g/mol. The van der Waals surface area contributed by atoms with E-state index in [0.717, 1.165) is 42.9 Å². The van der Waals surface area contributed by atoms with Gasteiger partial charge in [-0.3, -0.25) is 14.4 Å². The molecule has 0 bridgehead atoms. The molecule has 0 spiro atoms. The summed E-state index contributed by atoms with van der Waals surface area (Å²) >= 11 is 0. The van der Waals surface area contributed by atoms with Crippen molar-refractivity contribution in [2.45, 2.75) is 52.9 Å². The van der Waals surface area contributed by atoms with E-state index in [4.69, 9.17) is 9.47 Å². The molecule has 1 fully saturated rings. The molecule has 37 heavy (non-hydrogen) atoms. The standard InChI is InChI=1S/C31H38O6/c1-4-5-28(33)31(3,29(34)14-17-32)20-22(2)30(35)26-8-6-24(7-9-26)25-10-12-27(13-11-25)37-21-23-15-18-36-19-16-23/h6-13,20,23,32H,4-5,14-19,21H2,1-3H3/t31-/m0/s1. The molecule has 1 aliphatic rings. The van der Waals surface area contributed by atoms with E-state index in [1.54, 1.807) is 26.0 Å². The number of hydrogen-bond acceptors (Lipinski definition) is 6. The summed E-state index contributed by atoms with van der Waals surface area (Å²) in [6.07, 6.45) is 4.25. The maximum Gasteiger partial charge on any atom is 0.188 e. The molecule has 0 saturated carbocycles. The zero-order valence-electron chi connectivity index (χ0n) is 22.1. The fourth-order valence-corrected chi connectivity index (χ4v) is 4.58. The molecule has 0 amide bonds. The van der Waals surface area contributed by atoms with Gasteiger partial charge in [-0.2, -0.15) is 0 Å². The lowest BCUT2D eigenvalue weighted by Crippen LogP contribution is -2.36. The van der Waals surface area contributed by atoms with Crippen LogP contribution in [0.5, 0.6) is 5.75 Å². The van der Waals surface area contributed by atoms with Crippen LogP contribution in [0.2, 0.25) is 0 Å². The lowest BCUT2D eigenvalue weighted by molar-refractivity contribution is -0.137. The number of benzene rings is 2. The second-order valence-electron chi connectivity index (χ2n) is 9.90. The predicted molar refractivity (Wildman–Crippen MR) is 144 cm³/mol. The number of hydrogen-bond donors (Lipinski definition) is 1. The van der Waals surface area contributed by atoms with Crippen molar-refractivity contribution in [2.24, 2.45) is 11.3 Å². The Kier molecular flexibility index (Phi) is 10.4. The summed E-state index contributed by atoms with van der Waals surface area (Å²) < 4.78 is 11.3. The Balaban J connectivity index is 1.69. The number of rotatable bonds is 13. The Morgan fingerprint density at radius 3 is 2.11 bits per heavy atom. The van der Waals surface area contributed by atoms with Gasteiger partial charge in [0, 0.05) is 31.6 Å². The summed E-state index contributed by atoms with van der Waals surface area (Å²) in [7, 11) is 0. The fourth-order valence-electron chi connectivity index (χ4n) is 4.58. The topological polar surface area (TPSA) is 89.9 Å². The minimum Gasteiger partial charge on any atom is -0.493 e. The highest BCUT2D eigenvalue weighted by atomic mass is 16.5. The normalized spacial score (nSPS) is 16.2. The van der Waals surface area contributed by atoms with Crippen LogP contribution >= 0.6 is 0 Å². The van der Waals surface area contributed by atoms with Crippen LogP contribution in [0.3, 0.4) is 0 Å². The van der Waals surface area contributed by atoms with Crippen molar-refractivity contribution in [3.63, 3.8) is 0 Å². The van der Waals surface area contributed by atoms with Gasteiger partial charge >= 0.3 is 0 Å². The zero-order valence-corrected chi connectivity index (χ0v) is 22.1. The van der Waals surface area contributed by atoms with Crippen molar-refractivity contribution in [1.29, 1.82) is 0 Å². The van der Waals surface area contributed by atoms with Crippen molar-refractivity contribution in [3.8, 4) is 16.9 Å². The Morgan fingerprint density at radius 2 is 1.54 bits per heavy atom. The number of Topliss-reactive ketones (excluding diaryl/α,β-unsaturated/α-hetero) is 3. The molecule has 2 aromatic carbocycles. The summed E-state index contributed by atoms with van der Waals surface area (Å²) in [6, 6.07) is 15.2. The quantitative estimate of drug-likeness (QED) is 0.216. The molecular weight excluding hydrogens is 468 g/mol. The molecule has 1 atom stereocenters. The SMILES string of the molecule is CCCC(=O)[C@](C)(C=C(C)C(=O)c1ccc(-c2ccc(OCC3CCOCC3)cc2)cc1)C(=O)CCO. The van der Waals surface area contributed by atoms with Crippen LogP contribution < -0.4 is 4.74 Å². The van der Waals surface area contributed by atoms with Crippen molar-refractivity contribution >= 4 is 17.3 Å². The van der Waals surface area contributed by atoms with Crippen LogP contribution in [0.25, 0.3) is 11.1 Å². The van der Waals surface area contributed by atoms with Crippen LogP contribution in [-0.4, -0.2) is 48.9 Å². The summed E-state index contributed by atoms with van der Waals surface area (Å²) in [4.78, 5) is 38.5. The van der Waals surface area contributed by atoms with Gasteiger partial charge in [-0.25, -0.2) is 0 Å². The van der Waals surface area contributed by atoms with Crippen molar-refractivity contribution in [3.05, 3.63) is 65.7 Å². The van der Waals surface area contributed by atoms with E-state index >= 15 is 0 Å². The highest BCUT2D eigenvalue weighted by molar-refractivity contribution is 6.13. The Bertz CT molecular complexity index is 1070. The second kappa shape index (κ2) is 13.5. The fraction of sp³-hybridized carbons (Fsp3) is 0.452. The van der Waals surface area contributed by atoms with Gasteiger partial charge in [0.15, 0.2) is 11.6 Å².